The minimum Gasteiger partial charge on any atom is -0.491 e. The Morgan fingerprint density at radius 3 is 2.31 bits per heavy atom. The number of rotatable bonds is 8. The van der Waals surface area contributed by atoms with Crippen LogP contribution in [0.5, 0.6) is 5.75 Å². The van der Waals surface area contributed by atoms with Gasteiger partial charge in [-0.15, -0.1) is 10.2 Å². The molecular weight excluding hydrogens is 418 g/mol. The van der Waals surface area contributed by atoms with Crippen LogP contribution in [0.3, 0.4) is 0 Å². The molecule has 32 heavy (non-hydrogen) atoms. The van der Waals surface area contributed by atoms with Gasteiger partial charge < -0.3 is 10.1 Å². The molecule has 0 aliphatic rings. The van der Waals surface area contributed by atoms with Gasteiger partial charge in [0.2, 0.25) is 0 Å². The first-order chi connectivity index (χ1) is 15.5. The van der Waals surface area contributed by atoms with Crippen molar-refractivity contribution < 1.29 is 9.53 Å². The molecule has 6 heteroatoms. The second kappa shape index (κ2) is 9.75. The Bertz CT molecular complexity index is 1200. The summed E-state index contributed by atoms with van der Waals surface area (Å²) in [6.45, 7) is 5.61. The second-order valence-electron chi connectivity index (χ2n) is 7.82. The van der Waals surface area contributed by atoms with Crippen LogP contribution in [-0.2, 0) is 11.2 Å². The Labute approximate surface area is 192 Å². The van der Waals surface area contributed by atoms with Gasteiger partial charge >= 0.3 is 0 Å². The number of aromatic nitrogens is 2. The molecule has 4 rings (SSSR count). The number of nitrogens with zero attached hydrogens (tertiary/aromatic N) is 2. The fourth-order valence-corrected chi connectivity index (χ4v) is 4.25. The number of hydrogen-bond acceptors (Lipinski definition) is 6. The van der Waals surface area contributed by atoms with Crippen LogP contribution in [0.4, 0.5) is 11.4 Å². The molecule has 0 radical (unpaired) electrons. The van der Waals surface area contributed by atoms with E-state index in [1.807, 2.05) is 62.4 Å². The third-order valence-electron chi connectivity index (χ3n) is 4.74. The molecule has 0 amide bonds. The number of anilines is 2. The van der Waals surface area contributed by atoms with Crippen LogP contribution in [-0.4, -0.2) is 22.1 Å². The Kier molecular flexibility index (Phi) is 6.61. The van der Waals surface area contributed by atoms with E-state index in [1.54, 1.807) is 6.92 Å². The summed E-state index contributed by atoms with van der Waals surface area (Å²) in [6, 6.07) is 24.5. The van der Waals surface area contributed by atoms with Crippen LogP contribution in [0, 0.1) is 0 Å². The highest BCUT2D eigenvalue weighted by molar-refractivity contribution is 7.14. The average molecular weight is 444 g/mol. The number of Topliss-reactive ketones (excluding diaryl/α,β-unsaturated/α-hetero) is 1. The van der Waals surface area contributed by atoms with Crippen molar-refractivity contribution in [2.24, 2.45) is 0 Å². The smallest absolute Gasteiger partial charge is 0.147 e. The minimum absolute atomic E-state index is 0.0907. The summed E-state index contributed by atoms with van der Waals surface area (Å²) < 4.78 is 5.76. The Morgan fingerprint density at radius 1 is 0.938 bits per heavy atom. The molecule has 1 N–H and O–H groups in total. The van der Waals surface area contributed by atoms with Gasteiger partial charge in [0.1, 0.15) is 21.5 Å². The van der Waals surface area contributed by atoms with Gasteiger partial charge in [-0.3, -0.25) is 4.79 Å². The van der Waals surface area contributed by atoms with Crippen LogP contribution in [0.15, 0.2) is 72.8 Å². The molecule has 3 aromatic carbocycles. The van der Waals surface area contributed by atoms with E-state index in [-0.39, 0.29) is 11.9 Å². The number of carbonyl (C=O) groups excluding carboxylic acids is 1. The van der Waals surface area contributed by atoms with Crippen molar-refractivity contribution in [2.45, 2.75) is 33.3 Å². The van der Waals surface area contributed by atoms with E-state index in [1.165, 1.54) is 11.3 Å². The fourth-order valence-electron chi connectivity index (χ4n) is 3.34. The minimum atomic E-state index is 0.0907. The fraction of sp³-hybridized carbons (Fsp3) is 0.192. The summed E-state index contributed by atoms with van der Waals surface area (Å²) in [7, 11) is 0. The summed E-state index contributed by atoms with van der Waals surface area (Å²) in [4.78, 5) is 11.3. The summed E-state index contributed by atoms with van der Waals surface area (Å²) in [5.41, 5.74) is 5.22. The largest absolute Gasteiger partial charge is 0.491 e. The molecule has 1 aromatic heterocycles. The molecular formula is C26H25N3O2S. The molecule has 5 nitrogen and oxygen atoms in total. The third-order valence-corrected chi connectivity index (χ3v) is 5.71. The second-order valence-corrected chi connectivity index (χ2v) is 8.88. The van der Waals surface area contributed by atoms with Crippen molar-refractivity contribution >= 4 is 28.5 Å². The third kappa shape index (κ3) is 5.39. The van der Waals surface area contributed by atoms with Crippen molar-refractivity contribution in [2.75, 3.05) is 5.32 Å². The zero-order valence-electron chi connectivity index (χ0n) is 18.3. The highest BCUT2D eigenvalue weighted by Crippen LogP contribution is 2.32. The first-order valence-electron chi connectivity index (χ1n) is 10.5. The van der Waals surface area contributed by atoms with E-state index in [9.17, 15) is 4.79 Å². The van der Waals surface area contributed by atoms with Gasteiger partial charge in [-0.05, 0) is 68.8 Å². The van der Waals surface area contributed by atoms with Crippen LogP contribution >= 0.6 is 11.3 Å². The lowest BCUT2D eigenvalue weighted by Gasteiger charge is -2.14. The quantitative estimate of drug-likeness (QED) is 0.335. The van der Waals surface area contributed by atoms with Crippen LogP contribution in [0.25, 0.3) is 21.7 Å². The molecule has 0 unspecified atom stereocenters. The van der Waals surface area contributed by atoms with Crippen molar-refractivity contribution in [3.63, 3.8) is 0 Å². The molecule has 4 aromatic rings. The van der Waals surface area contributed by atoms with Crippen molar-refractivity contribution in [3.8, 4) is 27.4 Å². The maximum absolute atomic E-state index is 11.3. The molecule has 162 valence electrons. The molecule has 0 spiro atoms. The topological polar surface area (TPSA) is 64.1 Å². The maximum atomic E-state index is 11.3. The number of para-hydroxylation sites is 1. The predicted molar refractivity (Wildman–Crippen MR) is 131 cm³/mol. The van der Waals surface area contributed by atoms with Gasteiger partial charge in [0, 0.05) is 22.5 Å². The summed E-state index contributed by atoms with van der Waals surface area (Å²) in [5.74, 6) is 0.959. The van der Waals surface area contributed by atoms with Crippen molar-refractivity contribution in [1.82, 2.24) is 10.2 Å². The van der Waals surface area contributed by atoms with E-state index in [0.717, 1.165) is 43.8 Å². The number of benzene rings is 3. The Morgan fingerprint density at radius 2 is 1.62 bits per heavy atom. The van der Waals surface area contributed by atoms with Gasteiger partial charge in [-0.2, -0.15) is 0 Å². The molecule has 0 aliphatic heterocycles. The van der Waals surface area contributed by atoms with E-state index in [2.05, 4.69) is 39.8 Å². The zero-order valence-corrected chi connectivity index (χ0v) is 19.1. The monoisotopic (exact) mass is 443 g/mol. The first-order valence-corrected chi connectivity index (χ1v) is 11.3. The van der Waals surface area contributed by atoms with E-state index in [4.69, 9.17) is 4.74 Å². The van der Waals surface area contributed by atoms with Crippen molar-refractivity contribution in [1.29, 1.82) is 0 Å². The molecule has 0 atom stereocenters. The SMILES string of the molecule is CC(=O)Cc1nnc(-c2ccc(Nc3ccccc3-c3ccc(OC(C)C)cc3)cc2)s1. The van der Waals surface area contributed by atoms with Crippen molar-refractivity contribution in [3.05, 3.63) is 77.8 Å². The highest BCUT2D eigenvalue weighted by Gasteiger charge is 2.10. The molecule has 0 saturated heterocycles. The van der Waals surface area contributed by atoms with Gasteiger partial charge in [0.25, 0.3) is 0 Å². The lowest BCUT2D eigenvalue weighted by atomic mass is 10.0. The van der Waals surface area contributed by atoms with Gasteiger partial charge in [-0.1, -0.05) is 41.7 Å². The number of ketones is 1. The molecule has 0 fully saturated rings. The van der Waals surface area contributed by atoms with Gasteiger partial charge in [0.15, 0.2) is 0 Å². The lowest BCUT2D eigenvalue weighted by Crippen LogP contribution is -2.05. The zero-order chi connectivity index (χ0) is 22.5. The van der Waals surface area contributed by atoms with Crippen LogP contribution < -0.4 is 10.1 Å². The number of carbonyl (C=O) groups is 1. The molecule has 1 heterocycles. The molecule has 0 saturated carbocycles. The molecule has 0 bridgehead atoms. The Balaban J connectivity index is 1.51. The summed E-state index contributed by atoms with van der Waals surface area (Å²) in [5, 5.41) is 13.4. The van der Waals surface area contributed by atoms with Crippen LogP contribution in [0.1, 0.15) is 25.8 Å². The van der Waals surface area contributed by atoms with Crippen LogP contribution in [0.2, 0.25) is 0 Å². The van der Waals surface area contributed by atoms with Gasteiger partial charge in [0.05, 0.1) is 12.5 Å². The normalized spacial score (nSPS) is 10.9. The number of nitrogens with one attached hydrogen (secondary N) is 1. The lowest BCUT2D eigenvalue weighted by molar-refractivity contribution is -0.116. The predicted octanol–water partition coefficient (Wildman–Crippen LogP) is 6.53. The number of hydrogen-bond donors (Lipinski definition) is 1. The maximum Gasteiger partial charge on any atom is 0.147 e. The Hall–Kier alpha value is -3.51. The van der Waals surface area contributed by atoms with E-state index in [0.29, 0.717) is 6.42 Å². The summed E-state index contributed by atoms with van der Waals surface area (Å²) in [6.07, 6.45) is 0.484. The van der Waals surface area contributed by atoms with E-state index >= 15 is 0 Å². The van der Waals surface area contributed by atoms with Gasteiger partial charge in [-0.25, -0.2) is 0 Å². The first kappa shape index (κ1) is 21.7. The molecule has 0 aliphatic carbocycles. The highest BCUT2D eigenvalue weighted by atomic mass is 32.1. The van der Waals surface area contributed by atoms with E-state index < -0.39 is 0 Å². The average Bonchev–Trinajstić information content (AvgIpc) is 3.23. The standard InChI is InChI=1S/C26H25N3O2S/c1-17(2)31-22-14-10-19(11-15-22)23-6-4-5-7-24(23)27-21-12-8-20(9-13-21)26-29-28-25(32-26)16-18(3)30/h4-15,17,27H,16H2,1-3H3. The number of ether oxygens (including phenoxy) is 1. The summed E-state index contributed by atoms with van der Waals surface area (Å²) >= 11 is 1.45.